The fourth-order valence-corrected chi connectivity index (χ4v) is 7.29. The van der Waals surface area contributed by atoms with Crippen molar-refractivity contribution in [3.63, 3.8) is 0 Å². The van der Waals surface area contributed by atoms with E-state index in [0.717, 1.165) is 18.1 Å². The van der Waals surface area contributed by atoms with Crippen LogP contribution >= 0.6 is 22.6 Å². The zero-order chi connectivity index (χ0) is 26.5. The van der Waals surface area contributed by atoms with Crippen molar-refractivity contribution < 1.29 is 23.8 Å². The number of esters is 2. The SMILES string of the molecule is CC[Si](C#C[C@]1(COC(C)=O)O[C@@H](n2cc(I)c(-n3cncn3)nc2=O)C[C@@H]1OC(C)=O)(CC)CC. The van der Waals surface area contributed by atoms with E-state index >= 15 is 0 Å². The number of carbonyl (C=O) groups is 2. The third kappa shape index (κ3) is 6.04. The summed E-state index contributed by atoms with van der Waals surface area (Å²) < 4.78 is 20.7. The lowest BCUT2D eigenvalue weighted by atomic mass is 9.98. The lowest BCUT2D eigenvalue weighted by molar-refractivity contribution is -0.164. The van der Waals surface area contributed by atoms with Crippen molar-refractivity contribution in [3.05, 3.63) is 32.9 Å². The normalized spacial score (nSPS) is 21.5. The molecular weight excluding hydrogens is 597 g/mol. The van der Waals surface area contributed by atoms with Crippen LogP contribution in [-0.2, 0) is 23.8 Å². The molecule has 2 aromatic heterocycles. The Morgan fingerprint density at radius 1 is 1.25 bits per heavy atom. The minimum atomic E-state index is -1.94. The molecule has 1 aliphatic rings. The highest BCUT2D eigenvalue weighted by atomic mass is 127. The maximum atomic E-state index is 13.0. The molecular formula is C23H30IN5O6Si. The number of hydrogen-bond donors (Lipinski definition) is 0. The van der Waals surface area contributed by atoms with Crippen molar-refractivity contribution in [1.82, 2.24) is 24.3 Å². The molecule has 1 fully saturated rings. The molecule has 0 amide bonds. The molecule has 0 radical (unpaired) electrons. The number of halogens is 1. The van der Waals surface area contributed by atoms with E-state index in [9.17, 15) is 14.4 Å². The summed E-state index contributed by atoms with van der Waals surface area (Å²) in [5.74, 6) is 2.54. The number of hydrogen-bond acceptors (Lipinski definition) is 9. The first kappa shape index (κ1) is 28.0. The summed E-state index contributed by atoms with van der Waals surface area (Å²) in [5.41, 5.74) is 1.47. The van der Waals surface area contributed by atoms with Gasteiger partial charge in [0.1, 0.15) is 39.7 Å². The van der Waals surface area contributed by atoms with Gasteiger partial charge in [-0.3, -0.25) is 14.2 Å². The van der Waals surface area contributed by atoms with Crippen LogP contribution in [0.5, 0.6) is 0 Å². The number of aromatic nitrogens is 5. The Labute approximate surface area is 224 Å². The first-order valence-corrected chi connectivity index (χ1v) is 15.4. The molecule has 0 aliphatic carbocycles. The van der Waals surface area contributed by atoms with Crippen LogP contribution in [0.1, 0.15) is 47.3 Å². The molecule has 13 heteroatoms. The van der Waals surface area contributed by atoms with Crippen LogP contribution in [-0.4, -0.2) is 62.6 Å². The molecule has 36 heavy (non-hydrogen) atoms. The largest absolute Gasteiger partial charge is 0.462 e. The maximum Gasteiger partial charge on any atom is 0.351 e. The summed E-state index contributed by atoms with van der Waals surface area (Å²) in [4.78, 5) is 44.8. The first-order chi connectivity index (χ1) is 17.1. The van der Waals surface area contributed by atoms with E-state index in [1.807, 2.05) is 22.6 Å². The highest BCUT2D eigenvalue weighted by molar-refractivity contribution is 14.1. The van der Waals surface area contributed by atoms with Crippen molar-refractivity contribution in [1.29, 1.82) is 0 Å². The zero-order valence-corrected chi connectivity index (χ0v) is 24.1. The molecule has 3 atom stereocenters. The van der Waals surface area contributed by atoms with Crippen molar-refractivity contribution in [2.24, 2.45) is 0 Å². The second-order valence-electron chi connectivity index (χ2n) is 8.61. The molecule has 3 heterocycles. The smallest absolute Gasteiger partial charge is 0.351 e. The van der Waals surface area contributed by atoms with E-state index in [4.69, 9.17) is 14.2 Å². The van der Waals surface area contributed by atoms with E-state index in [0.29, 0.717) is 9.39 Å². The van der Waals surface area contributed by atoms with Crippen LogP contribution in [0.4, 0.5) is 0 Å². The van der Waals surface area contributed by atoms with Crippen LogP contribution in [0.15, 0.2) is 23.6 Å². The monoisotopic (exact) mass is 627 g/mol. The average Bonchev–Trinajstić information content (AvgIpc) is 3.49. The Balaban J connectivity index is 2.08. The lowest BCUT2D eigenvalue weighted by Gasteiger charge is -2.29. The summed E-state index contributed by atoms with van der Waals surface area (Å²) in [6, 6.07) is 2.84. The second kappa shape index (κ2) is 11.7. The molecule has 0 bridgehead atoms. The predicted octanol–water partition coefficient (Wildman–Crippen LogP) is 2.63. The summed E-state index contributed by atoms with van der Waals surface area (Å²) in [6.07, 6.45) is 2.82. The molecule has 0 unspecified atom stereocenters. The van der Waals surface area contributed by atoms with Crippen molar-refractivity contribution in [2.45, 2.75) is 77.1 Å². The molecule has 0 N–H and O–H groups in total. The quantitative estimate of drug-likeness (QED) is 0.188. The van der Waals surface area contributed by atoms with E-state index < -0.39 is 43.6 Å². The van der Waals surface area contributed by atoms with E-state index in [2.05, 4.69) is 47.3 Å². The van der Waals surface area contributed by atoms with Gasteiger partial charge in [0, 0.05) is 26.5 Å². The van der Waals surface area contributed by atoms with Crippen LogP contribution in [0.25, 0.3) is 5.82 Å². The van der Waals surface area contributed by atoms with Gasteiger partial charge < -0.3 is 14.2 Å². The van der Waals surface area contributed by atoms with E-state index in [1.165, 1.54) is 35.8 Å². The van der Waals surface area contributed by atoms with Crippen LogP contribution < -0.4 is 5.69 Å². The van der Waals surface area contributed by atoms with Gasteiger partial charge in [-0.25, -0.2) is 14.5 Å². The summed E-state index contributed by atoms with van der Waals surface area (Å²) in [5, 5.41) is 4.03. The van der Waals surface area contributed by atoms with Crippen molar-refractivity contribution >= 4 is 42.6 Å². The molecule has 1 aliphatic heterocycles. The number of rotatable bonds is 8. The Hall–Kier alpha value is -2.57. The minimum absolute atomic E-state index is 0.134. The molecule has 0 saturated carbocycles. The van der Waals surface area contributed by atoms with E-state index in [1.54, 1.807) is 6.20 Å². The summed E-state index contributed by atoms with van der Waals surface area (Å²) >= 11 is 2.05. The van der Waals surface area contributed by atoms with Crippen molar-refractivity contribution in [3.8, 4) is 17.3 Å². The fourth-order valence-electron chi connectivity index (χ4n) is 4.11. The Kier molecular flexibility index (Phi) is 9.06. The second-order valence-corrected chi connectivity index (χ2v) is 14.7. The third-order valence-electron chi connectivity index (χ3n) is 6.48. The average molecular weight is 628 g/mol. The van der Waals surface area contributed by atoms with Gasteiger partial charge in [-0.1, -0.05) is 26.7 Å². The summed E-state index contributed by atoms with van der Waals surface area (Å²) in [6.45, 7) is 8.72. The van der Waals surface area contributed by atoms with Gasteiger partial charge in [0.05, 0.1) is 3.57 Å². The topological polar surface area (TPSA) is 127 Å². The fraction of sp³-hybridized carbons (Fsp3) is 0.565. The molecule has 194 valence electrons. The zero-order valence-electron chi connectivity index (χ0n) is 21.0. The lowest BCUT2D eigenvalue weighted by Crippen LogP contribution is -2.46. The Morgan fingerprint density at radius 2 is 1.94 bits per heavy atom. The Morgan fingerprint density at radius 3 is 2.50 bits per heavy atom. The molecule has 11 nitrogen and oxygen atoms in total. The van der Waals surface area contributed by atoms with Crippen LogP contribution in [0, 0.1) is 15.0 Å². The van der Waals surface area contributed by atoms with Crippen molar-refractivity contribution in [2.75, 3.05) is 6.61 Å². The van der Waals surface area contributed by atoms with Gasteiger partial charge in [0.25, 0.3) is 0 Å². The number of carbonyl (C=O) groups excluding carboxylic acids is 2. The van der Waals surface area contributed by atoms with Crippen LogP contribution in [0.2, 0.25) is 18.1 Å². The van der Waals surface area contributed by atoms with Gasteiger partial charge in [-0.2, -0.15) is 10.1 Å². The van der Waals surface area contributed by atoms with Crippen LogP contribution in [0.3, 0.4) is 0 Å². The van der Waals surface area contributed by atoms with Gasteiger partial charge >= 0.3 is 17.6 Å². The molecule has 2 aromatic rings. The molecule has 0 aromatic carbocycles. The highest BCUT2D eigenvalue weighted by Gasteiger charge is 2.52. The number of nitrogens with zero attached hydrogens (tertiary/aromatic N) is 5. The predicted molar refractivity (Wildman–Crippen MR) is 141 cm³/mol. The maximum absolute atomic E-state index is 13.0. The van der Waals surface area contributed by atoms with Gasteiger partial charge in [0.2, 0.25) is 5.60 Å². The molecule has 0 spiro atoms. The summed E-state index contributed by atoms with van der Waals surface area (Å²) in [7, 11) is -1.94. The first-order valence-electron chi connectivity index (χ1n) is 11.7. The number of ether oxygens (including phenoxy) is 3. The Bertz CT molecular complexity index is 1210. The minimum Gasteiger partial charge on any atom is -0.462 e. The molecule has 1 saturated heterocycles. The van der Waals surface area contributed by atoms with Gasteiger partial charge in [-0.15, -0.1) is 5.54 Å². The third-order valence-corrected chi connectivity index (χ3v) is 12.0. The highest BCUT2D eigenvalue weighted by Crippen LogP contribution is 2.39. The van der Waals surface area contributed by atoms with Gasteiger partial charge in [-0.05, 0) is 40.7 Å². The molecule has 3 rings (SSSR count). The van der Waals surface area contributed by atoms with E-state index in [-0.39, 0.29) is 13.0 Å². The van der Waals surface area contributed by atoms with Gasteiger partial charge in [0.15, 0.2) is 5.82 Å². The standard InChI is InChI=1S/C23H30IN5O6Si/c1-6-36(7-2,8-3)10-9-23(13-33-16(4)30)19(34-17(5)31)11-20(35-23)28-12-18(24)21(27-22(28)32)29-15-25-14-26-29/h12,14-15,19-20H,6-8,11,13H2,1-5H3/t19-,20+,23+/m0/s1.